The Hall–Kier alpha value is -0.690. The fraction of sp³-hybridized carbons (Fsp3) is 0.769. The van der Waals surface area contributed by atoms with Crippen LogP contribution in [0, 0.1) is 5.41 Å². The predicted molar refractivity (Wildman–Crippen MR) is 81.2 cm³/mol. The lowest BCUT2D eigenvalue weighted by molar-refractivity contribution is -0.149. The molecular weight excluding hydrogens is 296 g/mol. The highest BCUT2D eigenvalue weighted by Gasteiger charge is 2.37. The van der Waals surface area contributed by atoms with Gasteiger partial charge in [0.05, 0.1) is 10.7 Å². The molecule has 1 saturated heterocycles. The molecule has 5 nitrogen and oxygen atoms in total. The summed E-state index contributed by atoms with van der Waals surface area (Å²) < 4.78 is 5.28. The second-order valence-corrected chi connectivity index (χ2v) is 7.41. The summed E-state index contributed by atoms with van der Waals surface area (Å²) in [7, 11) is 0. The van der Waals surface area contributed by atoms with E-state index in [9.17, 15) is 9.90 Å². The third-order valence-corrected chi connectivity index (χ3v) is 6.64. The van der Waals surface area contributed by atoms with Crippen molar-refractivity contribution >= 4 is 29.5 Å². The Morgan fingerprint density at radius 1 is 1.45 bits per heavy atom. The van der Waals surface area contributed by atoms with Crippen LogP contribution in [-0.4, -0.2) is 38.5 Å². The first-order chi connectivity index (χ1) is 9.61. The van der Waals surface area contributed by atoms with Crippen molar-refractivity contribution in [3.05, 3.63) is 11.7 Å². The molecule has 20 heavy (non-hydrogen) atoms. The Balaban J connectivity index is 2.10. The van der Waals surface area contributed by atoms with E-state index in [-0.39, 0.29) is 5.25 Å². The van der Waals surface area contributed by atoms with Gasteiger partial charge in [0, 0.05) is 23.7 Å². The first-order valence-corrected chi connectivity index (χ1v) is 9.07. The van der Waals surface area contributed by atoms with Crippen molar-refractivity contribution in [3.63, 3.8) is 0 Å². The van der Waals surface area contributed by atoms with E-state index in [1.54, 1.807) is 0 Å². The predicted octanol–water partition coefficient (Wildman–Crippen LogP) is 3.02. The molecule has 1 atom stereocenters. The van der Waals surface area contributed by atoms with Gasteiger partial charge in [0.1, 0.15) is 0 Å². The zero-order valence-corrected chi connectivity index (χ0v) is 13.4. The van der Waals surface area contributed by atoms with Gasteiger partial charge < -0.3 is 9.63 Å². The Kier molecular flexibility index (Phi) is 5.37. The maximum absolute atomic E-state index is 11.5. The number of hydrogen-bond donors (Lipinski definition) is 1. The van der Waals surface area contributed by atoms with Crippen LogP contribution >= 0.6 is 23.5 Å². The minimum absolute atomic E-state index is 0.272. The number of aromatic nitrogens is 2. The summed E-state index contributed by atoms with van der Waals surface area (Å²) in [5, 5.41) is 13.8. The number of carbonyl (C=O) groups is 1. The Bertz CT molecular complexity index is 454. The fourth-order valence-corrected chi connectivity index (χ4v) is 4.86. The molecule has 1 aromatic heterocycles. The molecule has 112 valence electrons. The van der Waals surface area contributed by atoms with Gasteiger partial charge in [0.15, 0.2) is 5.82 Å². The normalized spacial score (nSPS) is 20.0. The summed E-state index contributed by atoms with van der Waals surface area (Å²) in [4.78, 5) is 15.9. The van der Waals surface area contributed by atoms with Gasteiger partial charge in [0.25, 0.3) is 0 Å². The highest BCUT2D eigenvalue weighted by atomic mass is 32.2. The number of thioether (sulfide) groups is 2. The van der Waals surface area contributed by atoms with Crippen LogP contribution in [0.25, 0.3) is 0 Å². The second kappa shape index (κ2) is 6.85. The number of aliphatic carboxylic acids is 1. The molecule has 2 rings (SSSR count). The van der Waals surface area contributed by atoms with Gasteiger partial charge in [0.2, 0.25) is 5.89 Å². The van der Waals surface area contributed by atoms with E-state index in [0.717, 1.165) is 11.5 Å². The van der Waals surface area contributed by atoms with Gasteiger partial charge in [-0.1, -0.05) is 19.0 Å². The SMILES string of the molecule is CCC(CC)(Cc1nc(C2CSCCS2)no1)C(=O)O. The minimum Gasteiger partial charge on any atom is -0.481 e. The van der Waals surface area contributed by atoms with Crippen molar-refractivity contribution < 1.29 is 14.4 Å². The van der Waals surface area contributed by atoms with E-state index in [1.165, 1.54) is 5.75 Å². The van der Waals surface area contributed by atoms with Crippen molar-refractivity contribution in [2.24, 2.45) is 5.41 Å². The first kappa shape index (κ1) is 15.7. The van der Waals surface area contributed by atoms with E-state index < -0.39 is 11.4 Å². The topological polar surface area (TPSA) is 76.2 Å². The van der Waals surface area contributed by atoms with Crippen LogP contribution in [0.1, 0.15) is 43.7 Å². The van der Waals surface area contributed by atoms with Crippen molar-refractivity contribution in [1.29, 1.82) is 0 Å². The van der Waals surface area contributed by atoms with E-state index in [4.69, 9.17) is 4.52 Å². The van der Waals surface area contributed by atoms with Gasteiger partial charge in [-0.25, -0.2) is 0 Å². The third-order valence-electron chi connectivity index (χ3n) is 3.88. The van der Waals surface area contributed by atoms with Crippen molar-refractivity contribution in [3.8, 4) is 0 Å². The molecule has 7 heteroatoms. The molecule has 0 spiro atoms. The Morgan fingerprint density at radius 3 is 2.75 bits per heavy atom. The van der Waals surface area contributed by atoms with E-state index in [1.807, 2.05) is 37.4 Å². The van der Waals surface area contributed by atoms with E-state index in [2.05, 4.69) is 10.1 Å². The zero-order valence-electron chi connectivity index (χ0n) is 11.8. The highest BCUT2D eigenvalue weighted by molar-refractivity contribution is 8.06. The monoisotopic (exact) mass is 316 g/mol. The van der Waals surface area contributed by atoms with Gasteiger partial charge in [-0.3, -0.25) is 4.79 Å². The Morgan fingerprint density at radius 2 is 2.20 bits per heavy atom. The summed E-state index contributed by atoms with van der Waals surface area (Å²) in [6.07, 6.45) is 1.43. The van der Waals surface area contributed by atoms with Crippen molar-refractivity contribution in [2.45, 2.75) is 38.4 Å². The lowest BCUT2D eigenvalue weighted by Gasteiger charge is -2.24. The van der Waals surface area contributed by atoms with Crippen molar-refractivity contribution in [1.82, 2.24) is 10.1 Å². The molecule has 1 aromatic rings. The maximum atomic E-state index is 11.5. The smallest absolute Gasteiger partial charge is 0.310 e. The molecule has 1 aliphatic rings. The Labute approximate surface area is 127 Å². The van der Waals surface area contributed by atoms with Gasteiger partial charge in [-0.2, -0.15) is 16.7 Å². The van der Waals surface area contributed by atoms with E-state index >= 15 is 0 Å². The van der Waals surface area contributed by atoms with Crippen LogP contribution in [-0.2, 0) is 11.2 Å². The quantitative estimate of drug-likeness (QED) is 0.864. The van der Waals surface area contributed by atoms with E-state index in [0.29, 0.717) is 31.0 Å². The van der Waals surface area contributed by atoms with Gasteiger partial charge in [-0.05, 0) is 12.8 Å². The van der Waals surface area contributed by atoms with Gasteiger partial charge >= 0.3 is 5.97 Å². The number of carboxylic acid groups (broad SMARTS) is 1. The molecule has 0 radical (unpaired) electrons. The molecule has 1 unspecified atom stereocenters. The summed E-state index contributed by atoms with van der Waals surface area (Å²) in [5.74, 6) is 3.63. The second-order valence-electron chi connectivity index (χ2n) is 4.95. The summed E-state index contributed by atoms with van der Waals surface area (Å²) in [6, 6.07) is 0. The zero-order chi connectivity index (χ0) is 14.6. The average Bonchev–Trinajstić information content (AvgIpc) is 2.94. The van der Waals surface area contributed by atoms with Crippen LogP contribution in [0.2, 0.25) is 0 Å². The molecule has 1 N–H and O–H groups in total. The molecule has 1 aliphatic heterocycles. The lowest BCUT2D eigenvalue weighted by atomic mass is 9.79. The van der Waals surface area contributed by atoms with Gasteiger partial charge in [-0.15, -0.1) is 11.8 Å². The molecule has 0 amide bonds. The minimum atomic E-state index is -0.793. The third kappa shape index (κ3) is 3.31. The number of hydrogen-bond acceptors (Lipinski definition) is 6. The van der Waals surface area contributed by atoms with Crippen molar-refractivity contribution in [2.75, 3.05) is 17.3 Å². The number of rotatable bonds is 6. The highest BCUT2D eigenvalue weighted by Crippen LogP contribution is 2.36. The van der Waals surface area contributed by atoms with Crippen LogP contribution in [0.5, 0.6) is 0 Å². The molecule has 0 aromatic carbocycles. The number of nitrogens with zero attached hydrogens (tertiary/aromatic N) is 2. The maximum Gasteiger partial charge on any atom is 0.310 e. The summed E-state index contributed by atoms with van der Waals surface area (Å²) >= 11 is 3.74. The summed E-state index contributed by atoms with van der Waals surface area (Å²) in [5.41, 5.74) is -0.793. The molecular formula is C13H20N2O3S2. The van der Waals surface area contributed by atoms with Crippen LogP contribution in [0.15, 0.2) is 4.52 Å². The van der Waals surface area contributed by atoms with Crippen LogP contribution < -0.4 is 0 Å². The van der Waals surface area contributed by atoms with Crippen LogP contribution in [0.3, 0.4) is 0 Å². The molecule has 0 saturated carbocycles. The summed E-state index contributed by atoms with van der Waals surface area (Å²) in [6.45, 7) is 3.78. The number of carboxylic acids is 1. The fourth-order valence-electron chi connectivity index (χ4n) is 2.28. The lowest BCUT2D eigenvalue weighted by Crippen LogP contribution is -2.32. The molecule has 2 heterocycles. The molecule has 0 aliphatic carbocycles. The average molecular weight is 316 g/mol. The largest absolute Gasteiger partial charge is 0.481 e. The standard InChI is InChI=1S/C13H20N2O3S2/c1-3-13(4-2,12(16)17)7-10-14-11(15-18-10)9-8-19-5-6-20-9/h9H,3-8H2,1-2H3,(H,16,17). The van der Waals surface area contributed by atoms with Crippen LogP contribution in [0.4, 0.5) is 0 Å². The first-order valence-electron chi connectivity index (χ1n) is 6.86. The molecule has 1 fully saturated rings. The molecule has 0 bridgehead atoms.